The molecule has 0 fully saturated rings. The second kappa shape index (κ2) is 7.87. The van der Waals surface area contributed by atoms with E-state index in [1.165, 1.54) is 13.0 Å². The molecule has 6 nitrogen and oxygen atoms in total. The van der Waals surface area contributed by atoms with Crippen molar-refractivity contribution in [3.63, 3.8) is 0 Å². The van der Waals surface area contributed by atoms with Gasteiger partial charge in [0.05, 0.1) is 5.92 Å². The number of rotatable bonds is 7. The summed E-state index contributed by atoms with van der Waals surface area (Å²) < 4.78 is 69.6. The molecular formula is C17H15F3O6S. The predicted octanol–water partition coefficient (Wildman–Crippen LogP) is 3.68. The van der Waals surface area contributed by atoms with Crippen LogP contribution in [0, 0.1) is 0 Å². The fourth-order valence-corrected chi connectivity index (χ4v) is 2.48. The van der Waals surface area contributed by atoms with Gasteiger partial charge in [0.15, 0.2) is 0 Å². The van der Waals surface area contributed by atoms with Crippen LogP contribution in [0.4, 0.5) is 13.2 Å². The molecule has 0 saturated carbocycles. The Morgan fingerprint density at radius 1 is 1.11 bits per heavy atom. The normalized spacial score (nSPS) is 13.0. The van der Waals surface area contributed by atoms with E-state index in [2.05, 4.69) is 4.18 Å². The summed E-state index contributed by atoms with van der Waals surface area (Å²) in [6.45, 7) is 1.33. The molecule has 0 spiro atoms. The Labute approximate surface area is 153 Å². The Morgan fingerprint density at radius 3 is 2.26 bits per heavy atom. The van der Waals surface area contributed by atoms with Crippen LogP contribution in [-0.4, -0.2) is 25.0 Å². The molecule has 0 aliphatic carbocycles. The van der Waals surface area contributed by atoms with Crippen LogP contribution >= 0.6 is 0 Å². The number of alkyl halides is 3. The monoisotopic (exact) mass is 404 g/mol. The van der Waals surface area contributed by atoms with E-state index in [9.17, 15) is 26.4 Å². The number of carbonyl (C=O) groups is 1. The van der Waals surface area contributed by atoms with E-state index in [4.69, 9.17) is 9.84 Å². The molecule has 27 heavy (non-hydrogen) atoms. The maximum atomic E-state index is 12.5. The van der Waals surface area contributed by atoms with Crippen molar-refractivity contribution in [3.05, 3.63) is 59.7 Å². The topological polar surface area (TPSA) is 89.9 Å². The van der Waals surface area contributed by atoms with Crippen molar-refractivity contribution < 1.29 is 40.4 Å². The highest BCUT2D eigenvalue weighted by atomic mass is 32.2. The zero-order valence-corrected chi connectivity index (χ0v) is 14.8. The van der Waals surface area contributed by atoms with Gasteiger partial charge in [0.2, 0.25) is 0 Å². The van der Waals surface area contributed by atoms with Crippen LogP contribution in [0.5, 0.6) is 11.5 Å². The van der Waals surface area contributed by atoms with E-state index in [1.807, 2.05) is 0 Å². The van der Waals surface area contributed by atoms with Gasteiger partial charge in [-0.05, 0) is 30.2 Å². The number of hydrogen-bond donors (Lipinski definition) is 1. The maximum absolute atomic E-state index is 12.5. The Kier molecular flexibility index (Phi) is 5.99. The highest BCUT2D eigenvalue weighted by Gasteiger charge is 2.48. The molecule has 0 aliphatic rings. The molecule has 0 heterocycles. The van der Waals surface area contributed by atoms with Crippen LogP contribution in [0.1, 0.15) is 24.0 Å². The van der Waals surface area contributed by atoms with Gasteiger partial charge < -0.3 is 14.0 Å². The first-order valence-corrected chi connectivity index (χ1v) is 8.95. The maximum Gasteiger partial charge on any atom is 0.534 e. The number of carboxylic acid groups (broad SMARTS) is 1. The minimum absolute atomic E-state index is 0.0282. The van der Waals surface area contributed by atoms with Crippen molar-refractivity contribution in [1.82, 2.24) is 0 Å². The lowest BCUT2D eigenvalue weighted by Crippen LogP contribution is -2.28. The van der Waals surface area contributed by atoms with Gasteiger partial charge in [0.1, 0.15) is 18.1 Å². The summed E-state index contributed by atoms with van der Waals surface area (Å²) in [6, 6.07) is 12.0. The number of halogens is 3. The first kappa shape index (κ1) is 20.6. The second-order valence-electron chi connectivity index (χ2n) is 5.56. The minimum Gasteiger partial charge on any atom is -0.489 e. The third-order valence-corrected chi connectivity index (χ3v) is 4.49. The van der Waals surface area contributed by atoms with Crippen LogP contribution in [0.2, 0.25) is 0 Å². The Balaban J connectivity index is 2.35. The summed E-state index contributed by atoms with van der Waals surface area (Å²) in [5.74, 6) is -3.10. The lowest BCUT2D eigenvalue weighted by molar-refractivity contribution is -0.138. The van der Waals surface area contributed by atoms with Gasteiger partial charge in [0, 0.05) is 6.07 Å². The largest absolute Gasteiger partial charge is 0.534 e. The third kappa shape index (κ3) is 5.36. The summed E-state index contributed by atoms with van der Waals surface area (Å²) in [7, 11) is -5.90. The smallest absolute Gasteiger partial charge is 0.489 e. The standard InChI is InChI=1S/C17H15F3O6S/c1-11(16(21)22)13-7-14(25-10-12-5-3-2-4-6-12)9-15(8-13)26-27(23,24)17(18,19)20/h2-9,11H,10H2,1H3,(H,21,22). The average molecular weight is 404 g/mol. The lowest BCUT2D eigenvalue weighted by atomic mass is 10.0. The van der Waals surface area contributed by atoms with Gasteiger partial charge in [-0.15, -0.1) is 0 Å². The molecule has 2 rings (SSSR count). The van der Waals surface area contributed by atoms with Crippen molar-refractivity contribution >= 4 is 16.1 Å². The van der Waals surface area contributed by atoms with E-state index >= 15 is 0 Å². The molecule has 0 aliphatic heterocycles. The molecule has 0 aromatic heterocycles. The SMILES string of the molecule is CC(C(=O)O)c1cc(OCc2ccccc2)cc(OS(=O)(=O)C(F)(F)F)c1. The summed E-state index contributed by atoms with van der Waals surface area (Å²) >= 11 is 0. The zero-order valence-electron chi connectivity index (χ0n) is 13.9. The molecule has 10 heteroatoms. The van der Waals surface area contributed by atoms with Crippen LogP contribution < -0.4 is 8.92 Å². The van der Waals surface area contributed by atoms with Crippen LogP contribution in [0.25, 0.3) is 0 Å². The van der Waals surface area contributed by atoms with Gasteiger partial charge in [0.25, 0.3) is 0 Å². The van der Waals surface area contributed by atoms with Gasteiger partial charge in [-0.2, -0.15) is 21.6 Å². The number of aliphatic carboxylic acids is 1. The molecule has 2 aromatic rings. The highest BCUT2D eigenvalue weighted by molar-refractivity contribution is 7.88. The van der Waals surface area contributed by atoms with Gasteiger partial charge in [-0.3, -0.25) is 4.79 Å². The van der Waals surface area contributed by atoms with Crippen LogP contribution in [-0.2, 0) is 21.5 Å². The van der Waals surface area contributed by atoms with Crippen LogP contribution in [0.15, 0.2) is 48.5 Å². The minimum atomic E-state index is -5.90. The van der Waals surface area contributed by atoms with Crippen molar-refractivity contribution in [2.24, 2.45) is 0 Å². The van der Waals surface area contributed by atoms with Gasteiger partial charge in [-0.25, -0.2) is 0 Å². The molecule has 0 saturated heterocycles. The summed E-state index contributed by atoms with van der Waals surface area (Å²) in [5.41, 5.74) is -4.84. The molecule has 1 atom stereocenters. The van der Waals surface area contributed by atoms with Crippen molar-refractivity contribution in [3.8, 4) is 11.5 Å². The fraction of sp³-hybridized carbons (Fsp3) is 0.235. The molecule has 1 N–H and O–H groups in total. The van der Waals surface area contributed by atoms with E-state index in [0.717, 1.165) is 17.7 Å². The molecule has 0 bridgehead atoms. The van der Waals surface area contributed by atoms with E-state index < -0.39 is 33.3 Å². The quantitative estimate of drug-likeness (QED) is 0.559. The molecule has 0 radical (unpaired) electrons. The predicted molar refractivity (Wildman–Crippen MR) is 88.9 cm³/mol. The molecule has 0 amide bonds. The Bertz CT molecular complexity index is 910. The molecule has 2 aromatic carbocycles. The first-order chi connectivity index (χ1) is 12.5. The highest BCUT2D eigenvalue weighted by Crippen LogP contribution is 2.32. The van der Waals surface area contributed by atoms with Crippen molar-refractivity contribution in [2.75, 3.05) is 0 Å². The number of hydrogen-bond acceptors (Lipinski definition) is 5. The van der Waals surface area contributed by atoms with Crippen molar-refractivity contribution in [2.45, 2.75) is 25.0 Å². The van der Waals surface area contributed by atoms with E-state index in [0.29, 0.717) is 0 Å². The summed E-state index contributed by atoms with van der Waals surface area (Å²) in [6.07, 6.45) is 0. The van der Waals surface area contributed by atoms with Gasteiger partial charge in [-0.1, -0.05) is 30.3 Å². The molecule has 1 unspecified atom stereocenters. The van der Waals surface area contributed by atoms with Gasteiger partial charge >= 0.3 is 21.6 Å². The van der Waals surface area contributed by atoms with Crippen molar-refractivity contribution in [1.29, 1.82) is 0 Å². The summed E-state index contributed by atoms with van der Waals surface area (Å²) in [5, 5.41) is 9.11. The number of benzene rings is 2. The second-order valence-corrected chi connectivity index (χ2v) is 7.09. The van der Waals surface area contributed by atoms with E-state index in [1.54, 1.807) is 30.3 Å². The molecule has 146 valence electrons. The number of carboxylic acids is 1. The average Bonchev–Trinajstić information content (AvgIpc) is 2.58. The molecular weight excluding hydrogens is 389 g/mol. The number of ether oxygens (including phenoxy) is 1. The van der Waals surface area contributed by atoms with Crippen LogP contribution in [0.3, 0.4) is 0 Å². The lowest BCUT2D eigenvalue weighted by Gasteiger charge is -2.15. The fourth-order valence-electron chi connectivity index (χ4n) is 2.03. The third-order valence-electron chi connectivity index (χ3n) is 3.51. The Hall–Kier alpha value is -2.75. The van der Waals surface area contributed by atoms with E-state index in [-0.39, 0.29) is 17.9 Å². The Morgan fingerprint density at radius 2 is 1.70 bits per heavy atom. The zero-order chi connectivity index (χ0) is 20.2. The first-order valence-electron chi connectivity index (χ1n) is 7.55. The summed E-state index contributed by atoms with van der Waals surface area (Å²) in [4.78, 5) is 11.2.